The van der Waals surface area contributed by atoms with Crippen molar-refractivity contribution in [3.63, 3.8) is 0 Å². The first-order valence-corrected chi connectivity index (χ1v) is 10.9. The molecule has 170 valence electrons. The average molecular weight is 414 g/mol. The molecule has 0 aromatic carbocycles. The molecule has 0 saturated carbocycles. The second-order valence-corrected chi connectivity index (χ2v) is 9.79. The van der Waals surface area contributed by atoms with Crippen LogP contribution < -0.4 is 0 Å². The molecule has 0 N–H and O–H groups in total. The van der Waals surface area contributed by atoms with Crippen LogP contribution >= 0.6 is 0 Å². The van der Waals surface area contributed by atoms with Gasteiger partial charge in [0, 0.05) is 25.8 Å². The first-order valence-electron chi connectivity index (χ1n) is 10.9. The van der Waals surface area contributed by atoms with Gasteiger partial charge >= 0.3 is 0 Å². The Morgan fingerprint density at radius 1 is 0.690 bits per heavy atom. The molecule has 0 aliphatic carbocycles. The van der Waals surface area contributed by atoms with Gasteiger partial charge in [0.15, 0.2) is 0 Å². The minimum absolute atomic E-state index is 0.316. The second-order valence-electron chi connectivity index (χ2n) is 9.79. The molecule has 0 atom stereocenters. The Hall–Kier alpha value is -1.02. The maximum atomic E-state index is 5.60. The third kappa shape index (κ3) is 16.5. The third-order valence-electron chi connectivity index (χ3n) is 4.29. The van der Waals surface area contributed by atoms with Crippen molar-refractivity contribution in [3.05, 3.63) is 11.9 Å². The molecule has 1 aromatic rings. The van der Waals surface area contributed by atoms with Crippen molar-refractivity contribution in [1.82, 2.24) is 15.0 Å². The zero-order valence-electron chi connectivity index (χ0n) is 19.5. The molecule has 0 saturated heterocycles. The summed E-state index contributed by atoms with van der Waals surface area (Å²) in [4.78, 5) is 0. The van der Waals surface area contributed by atoms with E-state index in [1.54, 1.807) is 0 Å². The number of nitrogens with zero attached hydrogens (tertiary/aromatic N) is 3. The van der Waals surface area contributed by atoms with Crippen LogP contribution in [0.2, 0.25) is 0 Å². The minimum atomic E-state index is 0.316. The highest BCUT2D eigenvalue weighted by Gasteiger charge is 2.10. The molecule has 1 heterocycles. The third-order valence-corrected chi connectivity index (χ3v) is 4.29. The van der Waals surface area contributed by atoms with Gasteiger partial charge in [-0.15, -0.1) is 5.10 Å². The van der Waals surface area contributed by atoms with Gasteiger partial charge in [-0.1, -0.05) is 46.8 Å². The molecule has 0 aliphatic heterocycles. The topological polar surface area (TPSA) is 67.6 Å². The Morgan fingerprint density at radius 3 is 1.69 bits per heavy atom. The summed E-state index contributed by atoms with van der Waals surface area (Å²) in [5.74, 6) is 0. The molecule has 1 rings (SSSR count). The SMILES string of the molecule is CC(C)(C)CCOCCOCCc1cn(CCOCCOCCC(C)(C)C)nn1. The predicted molar refractivity (Wildman–Crippen MR) is 115 cm³/mol. The Morgan fingerprint density at radius 2 is 1.17 bits per heavy atom. The normalized spacial score (nSPS) is 12.6. The predicted octanol–water partition coefficient (Wildman–Crippen LogP) is 3.76. The van der Waals surface area contributed by atoms with Gasteiger partial charge in [-0.25, -0.2) is 4.68 Å². The van der Waals surface area contributed by atoms with Crippen molar-refractivity contribution >= 4 is 0 Å². The lowest BCUT2D eigenvalue weighted by Crippen LogP contribution is -2.13. The van der Waals surface area contributed by atoms with E-state index in [1.165, 1.54) is 0 Å². The van der Waals surface area contributed by atoms with Crippen LogP contribution in [-0.2, 0) is 31.9 Å². The zero-order valence-corrected chi connectivity index (χ0v) is 19.5. The van der Waals surface area contributed by atoms with Crippen LogP contribution in [0.3, 0.4) is 0 Å². The minimum Gasteiger partial charge on any atom is -0.379 e. The summed E-state index contributed by atoms with van der Waals surface area (Å²) < 4.78 is 24.2. The lowest BCUT2D eigenvalue weighted by Gasteiger charge is -2.17. The van der Waals surface area contributed by atoms with Crippen LogP contribution in [0.5, 0.6) is 0 Å². The van der Waals surface area contributed by atoms with Crippen LogP contribution in [0.1, 0.15) is 60.1 Å². The molecule has 0 unspecified atom stereocenters. The van der Waals surface area contributed by atoms with Crippen molar-refractivity contribution in [1.29, 1.82) is 0 Å². The molecule has 1 aromatic heterocycles. The van der Waals surface area contributed by atoms with Gasteiger partial charge in [0.1, 0.15) is 0 Å². The summed E-state index contributed by atoms with van der Waals surface area (Å²) in [6.45, 7) is 19.3. The van der Waals surface area contributed by atoms with Crippen LogP contribution in [0, 0.1) is 10.8 Å². The molecule has 0 fully saturated rings. The Bertz CT molecular complexity index is 476. The standard InChI is InChI=1S/C22H43N3O4/c1-21(2,3)8-12-27-16-15-26-11-7-20-19-25(24-23-20)10-14-29-18-17-28-13-9-22(4,5)6/h19H,7-18H2,1-6H3. The van der Waals surface area contributed by atoms with Gasteiger partial charge < -0.3 is 18.9 Å². The summed E-state index contributed by atoms with van der Waals surface area (Å²) in [5.41, 5.74) is 1.57. The largest absolute Gasteiger partial charge is 0.379 e. The lowest BCUT2D eigenvalue weighted by molar-refractivity contribution is 0.0355. The van der Waals surface area contributed by atoms with Gasteiger partial charge in [0.25, 0.3) is 0 Å². The first-order chi connectivity index (χ1) is 13.7. The van der Waals surface area contributed by atoms with Crippen molar-refractivity contribution in [2.45, 2.75) is 67.3 Å². The molecular formula is C22H43N3O4. The van der Waals surface area contributed by atoms with Crippen LogP contribution in [0.25, 0.3) is 0 Å². The summed E-state index contributed by atoms with van der Waals surface area (Å²) in [7, 11) is 0. The van der Waals surface area contributed by atoms with E-state index in [9.17, 15) is 0 Å². The molecule has 0 radical (unpaired) electrons. The average Bonchev–Trinajstić information content (AvgIpc) is 3.05. The number of aromatic nitrogens is 3. The van der Waals surface area contributed by atoms with Gasteiger partial charge in [0.2, 0.25) is 0 Å². The van der Waals surface area contributed by atoms with E-state index in [0.717, 1.165) is 38.2 Å². The summed E-state index contributed by atoms with van der Waals surface area (Å²) >= 11 is 0. The van der Waals surface area contributed by atoms with Crippen molar-refractivity contribution < 1.29 is 18.9 Å². The quantitative estimate of drug-likeness (QED) is 0.384. The van der Waals surface area contributed by atoms with Gasteiger partial charge in [-0.3, -0.25) is 0 Å². The van der Waals surface area contributed by atoms with E-state index < -0.39 is 0 Å². The van der Waals surface area contributed by atoms with E-state index in [-0.39, 0.29) is 0 Å². The molecule has 0 amide bonds. The van der Waals surface area contributed by atoms with Gasteiger partial charge in [-0.05, 0) is 23.7 Å². The smallest absolute Gasteiger partial charge is 0.0850 e. The van der Waals surface area contributed by atoms with Crippen LogP contribution in [-0.4, -0.2) is 67.8 Å². The van der Waals surface area contributed by atoms with Crippen LogP contribution in [0.4, 0.5) is 0 Å². The Kier molecular flexibility index (Phi) is 12.6. The van der Waals surface area contributed by atoms with Gasteiger partial charge in [0.05, 0.1) is 51.9 Å². The van der Waals surface area contributed by atoms with Crippen molar-refractivity contribution in [2.75, 3.05) is 52.9 Å². The van der Waals surface area contributed by atoms with Crippen molar-refractivity contribution in [3.8, 4) is 0 Å². The van der Waals surface area contributed by atoms with E-state index in [4.69, 9.17) is 18.9 Å². The molecule has 29 heavy (non-hydrogen) atoms. The van der Waals surface area contributed by atoms with E-state index in [0.29, 0.717) is 57.0 Å². The molecule has 7 heteroatoms. The first kappa shape index (κ1) is 26.0. The number of ether oxygens (including phenoxy) is 4. The number of hydrogen-bond acceptors (Lipinski definition) is 6. The monoisotopic (exact) mass is 413 g/mol. The zero-order chi connectivity index (χ0) is 21.6. The highest BCUT2D eigenvalue weighted by atomic mass is 16.5. The molecule has 0 spiro atoms. The fourth-order valence-electron chi connectivity index (χ4n) is 2.30. The molecule has 7 nitrogen and oxygen atoms in total. The molecular weight excluding hydrogens is 370 g/mol. The fraction of sp³-hybridized carbons (Fsp3) is 0.909. The van der Waals surface area contributed by atoms with E-state index >= 15 is 0 Å². The Balaban J connectivity index is 1.95. The lowest BCUT2D eigenvalue weighted by atomic mass is 9.93. The fourth-order valence-corrected chi connectivity index (χ4v) is 2.30. The van der Waals surface area contributed by atoms with Gasteiger partial charge in [-0.2, -0.15) is 0 Å². The molecule has 0 aliphatic rings. The molecule has 0 bridgehead atoms. The summed E-state index contributed by atoms with van der Waals surface area (Å²) in [6.07, 6.45) is 4.82. The summed E-state index contributed by atoms with van der Waals surface area (Å²) in [5, 5.41) is 8.30. The maximum absolute atomic E-state index is 5.60. The Labute approximate surface area is 177 Å². The number of hydrogen-bond donors (Lipinski definition) is 0. The maximum Gasteiger partial charge on any atom is 0.0850 e. The van der Waals surface area contributed by atoms with Crippen LogP contribution in [0.15, 0.2) is 6.20 Å². The highest BCUT2D eigenvalue weighted by molar-refractivity contribution is 4.92. The second kappa shape index (κ2) is 14.1. The van der Waals surface area contributed by atoms with E-state index in [1.807, 2.05) is 10.9 Å². The number of rotatable bonds is 16. The highest BCUT2D eigenvalue weighted by Crippen LogP contribution is 2.18. The summed E-state index contributed by atoms with van der Waals surface area (Å²) in [6, 6.07) is 0. The van der Waals surface area contributed by atoms with Crippen molar-refractivity contribution in [2.24, 2.45) is 10.8 Å². The van der Waals surface area contributed by atoms with E-state index in [2.05, 4.69) is 51.9 Å².